The standard InChI is InChI=1S/C17H19NO3/c1-18(11-13-7-9-15(21-2)10-8-13)12-14-5-3-4-6-16(14)17(19)20/h3-10H,11-12H2,1-2H3,(H,19,20). The van der Waals surface area contributed by atoms with Crippen LogP contribution in [0, 0.1) is 0 Å². The summed E-state index contributed by atoms with van der Waals surface area (Å²) in [6.07, 6.45) is 0. The number of rotatable bonds is 6. The predicted octanol–water partition coefficient (Wildman–Crippen LogP) is 3.03. The molecule has 0 heterocycles. The Bertz CT molecular complexity index is 608. The number of nitrogens with zero attached hydrogens (tertiary/aromatic N) is 1. The second kappa shape index (κ2) is 6.90. The minimum absolute atomic E-state index is 0.360. The largest absolute Gasteiger partial charge is 0.497 e. The first-order valence-electron chi connectivity index (χ1n) is 6.73. The topological polar surface area (TPSA) is 49.8 Å². The van der Waals surface area contributed by atoms with Crippen molar-refractivity contribution in [3.05, 3.63) is 65.2 Å². The van der Waals surface area contributed by atoms with Gasteiger partial charge in [-0.3, -0.25) is 4.90 Å². The number of aromatic carboxylic acids is 1. The molecule has 0 spiro atoms. The van der Waals surface area contributed by atoms with E-state index in [2.05, 4.69) is 4.90 Å². The molecule has 0 saturated carbocycles. The smallest absolute Gasteiger partial charge is 0.336 e. The van der Waals surface area contributed by atoms with Crippen molar-refractivity contribution < 1.29 is 14.6 Å². The quantitative estimate of drug-likeness (QED) is 0.886. The van der Waals surface area contributed by atoms with E-state index in [1.54, 1.807) is 19.2 Å². The van der Waals surface area contributed by atoms with E-state index in [9.17, 15) is 9.90 Å². The van der Waals surface area contributed by atoms with Gasteiger partial charge in [-0.05, 0) is 36.4 Å². The average Bonchev–Trinajstić information content (AvgIpc) is 2.48. The van der Waals surface area contributed by atoms with Gasteiger partial charge >= 0.3 is 5.97 Å². The van der Waals surface area contributed by atoms with Crippen LogP contribution in [0.2, 0.25) is 0 Å². The van der Waals surface area contributed by atoms with Gasteiger partial charge in [0.1, 0.15) is 5.75 Å². The van der Waals surface area contributed by atoms with Gasteiger partial charge in [-0.25, -0.2) is 4.79 Å². The van der Waals surface area contributed by atoms with Gasteiger partial charge in [0.05, 0.1) is 12.7 Å². The number of benzene rings is 2. The summed E-state index contributed by atoms with van der Waals surface area (Å²) in [5, 5.41) is 9.19. The van der Waals surface area contributed by atoms with Crippen molar-refractivity contribution >= 4 is 5.97 Å². The first-order chi connectivity index (χ1) is 10.1. The van der Waals surface area contributed by atoms with Crippen LogP contribution in [-0.2, 0) is 13.1 Å². The third-order valence-electron chi connectivity index (χ3n) is 3.30. The number of methoxy groups -OCH3 is 1. The van der Waals surface area contributed by atoms with E-state index in [0.29, 0.717) is 12.1 Å². The molecule has 110 valence electrons. The van der Waals surface area contributed by atoms with Gasteiger partial charge < -0.3 is 9.84 Å². The normalized spacial score (nSPS) is 10.6. The molecule has 0 bridgehead atoms. The molecule has 4 heteroatoms. The molecular weight excluding hydrogens is 266 g/mol. The van der Waals surface area contributed by atoms with Gasteiger partial charge in [0, 0.05) is 13.1 Å². The Labute approximate surface area is 124 Å². The maximum atomic E-state index is 11.2. The molecule has 0 aromatic heterocycles. The Hall–Kier alpha value is -2.33. The van der Waals surface area contributed by atoms with E-state index in [1.807, 2.05) is 43.4 Å². The molecule has 0 aliphatic heterocycles. The molecule has 0 aliphatic rings. The van der Waals surface area contributed by atoms with Crippen molar-refractivity contribution in [2.24, 2.45) is 0 Å². The van der Waals surface area contributed by atoms with Gasteiger partial charge in [0.25, 0.3) is 0 Å². The number of hydrogen-bond acceptors (Lipinski definition) is 3. The molecule has 0 aliphatic carbocycles. The maximum absolute atomic E-state index is 11.2. The Balaban J connectivity index is 2.04. The van der Waals surface area contributed by atoms with Crippen LogP contribution in [0.3, 0.4) is 0 Å². The molecule has 0 atom stereocenters. The summed E-state index contributed by atoms with van der Waals surface area (Å²) in [5.74, 6) is -0.0546. The monoisotopic (exact) mass is 285 g/mol. The predicted molar refractivity (Wildman–Crippen MR) is 81.6 cm³/mol. The van der Waals surface area contributed by atoms with Gasteiger partial charge in [-0.1, -0.05) is 30.3 Å². The van der Waals surface area contributed by atoms with Crippen LogP contribution in [0.4, 0.5) is 0 Å². The number of carboxylic acids is 1. The highest BCUT2D eigenvalue weighted by Crippen LogP contribution is 2.15. The second-order valence-corrected chi connectivity index (χ2v) is 4.98. The van der Waals surface area contributed by atoms with Crippen molar-refractivity contribution in [1.82, 2.24) is 4.90 Å². The lowest BCUT2D eigenvalue weighted by Crippen LogP contribution is -2.19. The molecule has 2 aromatic carbocycles. The van der Waals surface area contributed by atoms with Crippen LogP contribution in [0.25, 0.3) is 0 Å². The lowest BCUT2D eigenvalue weighted by Gasteiger charge is -2.18. The summed E-state index contributed by atoms with van der Waals surface area (Å²) < 4.78 is 5.13. The number of hydrogen-bond donors (Lipinski definition) is 1. The van der Waals surface area contributed by atoms with Crippen LogP contribution < -0.4 is 4.74 Å². The Morgan fingerprint density at radius 3 is 2.38 bits per heavy atom. The lowest BCUT2D eigenvalue weighted by atomic mass is 10.1. The summed E-state index contributed by atoms with van der Waals surface area (Å²) in [6, 6.07) is 15.0. The molecule has 1 N–H and O–H groups in total. The van der Waals surface area contributed by atoms with E-state index >= 15 is 0 Å². The van der Waals surface area contributed by atoms with Crippen molar-refractivity contribution in [2.75, 3.05) is 14.2 Å². The molecule has 2 rings (SSSR count). The van der Waals surface area contributed by atoms with Crippen molar-refractivity contribution in [1.29, 1.82) is 0 Å². The highest BCUT2D eigenvalue weighted by Gasteiger charge is 2.11. The number of carbonyl (C=O) groups is 1. The molecule has 21 heavy (non-hydrogen) atoms. The molecule has 4 nitrogen and oxygen atoms in total. The van der Waals surface area contributed by atoms with Crippen molar-refractivity contribution in [2.45, 2.75) is 13.1 Å². The lowest BCUT2D eigenvalue weighted by molar-refractivity contribution is 0.0694. The van der Waals surface area contributed by atoms with Gasteiger partial charge in [0.15, 0.2) is 0 Å². The molecule has 0 unspecified atom stereocenters. The summed E-state index contributed by atoms with van der Waals surface area (Å²) in [5.41, 5.74) is 2.34. The van der Waals surface area contributed by atoms with Crippen molar-refractivity contribution in [3.8, 4) is 5.75 Å². The van der Waals surface area contributed by atoms with Crippen LogP contribution in [0.15, 0.2) is 48.5 Å². The van der Waals surface area contributed by atoms with Crippen molar-refractivity contribution in [3.63, 3.8) is 0 Å². The number of ether oxygens (including phenoxy) is 1. The molecule has 0 saturated heterocycles. The molecule has 0 amide bonds. The Morgan fingerprint density at radius 2 is 1.76 bits per heavy atom. The zero-order chi connectivity index (χ0) is 15.2. The fraction of sp³-hybridized carbons (Fsp3) is 0.235. The molecular formula is C17H19NO3. The third-order valence-corrected chi connectivity index (χ3v) is 3.30. The van der Waals surface area contributed by atoms with E-state index < -0.39 is 5.97 Å². The van der Waals surface area contributed by atoms with Gasteiger partial charge in [-0.15, -0.1) is 0 Å². The van der Waals surface area contributed by atoms with Gasteiger partial charge in [-0.2, -0.15) is 0 Å². The molecule has 0 fully saturated rings. The summed E-state index contributed by atoms with van der Waals surface area (Å²) in [4.78, 5) is 13.3. The first-order valence-corrected chi connectivity index (χ1v) is 6.73. The number of carboxylic acid groups (broad SMARTS) is 1. The summed E-state index contributed by atoms with van der Waals surface area (Å²) >= 11 is 0. The van der Waals surface area contributed by atoms with E-state index in [4.69, 9.17) is 4.74 Å². The zero-order valence-electron chi connectivity index (χ0n) is 12.2. The zero-order valence-corrected chi connectivity index (χ0v) is 12.2. The van der Waals surface area contributed by atoms with Crippen LogP contribution in [-0.4, -0.2) is 30.1 Å². The highest BCUT2D eigenvalue weighted by atomic mass is 16.5. The minimum atomic E-state index is -0.886. The Morgan fingerprint density at radius 1 is 1.10 bits per heavy atom. The average molecular weight is 285 g/mol. The van der Waals surface area contributed by atoms with E-state index in [0.717, 1.165) is 23.4 Å². The van der Waals surface area contributed by atoms with E-state index in [-0.39, 0.29) is 0 Å². The van der Waals surface area contributed by atoms with Crippen LogP contribution >= 0.6 is 0 Å². The molecule has 2 aromatic rings. The maximum Gasteiger partial charge on any atom is 0.336 e. The third kappa shape index (κ3) is 4.07. The van der Waals surface area contributed by atoms with Crippen LogP contribution in [0.5, 0.6) is 5.75 Å². The first kappa shape index (κ1) is 15.1. The van der Waals surface area contributed by atoms with Crippen LogP contribution in [0.1, 0.15) is 21.5 Å². The Kier molecular flexibility index (Phi) is 4.95. The SMILES string of the molecule is COc1ccc(CN(C)Cc2ccccc2C(=O)O)cc1. The fourth-order valence-corrected chi connectivity index (χ4v) is 2.26. The summed E-state index contributed by atoms with van der Waals surface area (Å²) in [6.45, 7) is 1.34. The highest BCUT2D eigenvalue weighted by molar-refractivity contribution is 5.89. The summed E-state index contributed by atoms with van der Waals surface area (Å²) in [7, 11) is 3.62. The molecule has 0 radical (unpaired) electrons. The van der Waals surface area contributed by atoms with E-state index in [1.165, 1.54) is 0 Å². The second-order valence-electron chi connectivity index (χ2n) is 4.98. The fourth-order valence-electron chi connectivity index (χ4n) is 2.26. The minimum Gasteiger partial charge on any atom is -0.497 e. The van der Waals surface area contributed by atoms with Gasteiger partial charge in [0.2, 0.25) is 0 Å².